The average molecular weight is 214 g/mol. The number of rotatable bonds is 2. The number of halogens is 1. The normalized spacial score (nSPS) is 36.1. The number of alkyl halides is 1. The van der Waals surface area contributed by atoms with Crippen molar-refractivity contribution in [2.45, 2.75) is 17.7 Å². The lowest BCUT2D eigenvalue weighted by Crippen LogP contribution is -2.03. The maximum Gasteiger partial charge on any atom is 0.137 e. The van der Waals surface area contributed by atoms with Gasteiger partial charge in [-0.15, -0.1) is 0 Å². The van der Waals surface area contributed by atoms with Crippen LogP contribution in [0.25, 0.3) is 0 Å². The molecule has 1 aliphatic carbocycles. The highest BCUT2D eigenvalue weighted by Gasteiger charge is 2.53. The van der Waals surface area contributed by atoms with Gasteiger partial charge in [0.05, 0.1) is 10.4 Å². The number of allylic oxidation sites excluding steroid dienone is 2. The molecular weight excluding hydrogens is 206 g/mol. The van der Waals surface area contributed by atoms with Crippen LogP contribution in [0.15, 0.2) is 11.6 Å². The second-order valence-electron chi connectivity index (χ2n) is 2.82. The molecular formula is C8H8BrNO. The number of nitrogens with zero attached hydrogens (tertiary/aromatic N) is 1. The van der Waals surface area contributed by atoms with Gasteiger partial charge in [-0.3, -0.25) is 0 Å². The van der Waals surface area contributed by atoms with Gasteiger partial charge in [0.15, 0.2) is 0 Å². The quantitative estimate of drug-likeness (QED) is 0.399. The molecule has 0 aromatic heterocycles. The molecule has 2 atom stereocenters. The molecule has 0 heterocycles. The van der Waals surface area contributed by atoms with Crippen molar-refractivity contribution in [1.82, 2.24) is 0 Å². The molecule has 0 spiro atoms. The summed E-state index contributed by atoms with van der Waals surface area (Å²) in [7, 11) is 0. The first-order valence-corrected chi connectivity index (χ1v) is 4.15. The Kier molecular flexibility index (Phi) is 2.15. The van der Waals surface area contributed by atoms with Gasteiger partial charge >= 0.3 is 0 Å². The lowest BCUT2D eigenvalue weighted by Gasteiger charge is -1.97. The van der Waals surface area contributed by atoms with Gasteiger partial charge in [-0.25, -0.2) is 0 Å². The first kappa shape index (κ1) is 8.48. The molecule has 0 radical (unpaired) electrons. The van der Waals surface area contributed by atoms with Gasteiger partial charge in [-0.2, -0.15) is 5.26 Å². The van der Waals surface area contributed by atoms with Gasteiger partial charge in [0, 0.05) is 12.0 Å². The largest absolute Gasteiger partial charge is 0.302 e. The van der Waals surface area contributed by atoms with Gasteiger partial charge < -0.3 is 4.79 Å². The summed E-state index contributed by atoms with van der Waals surface area (Å²) in [6.07, 6.45) is 3.23. The van der Waals surface area contributed by atoms with Crippen molar-refractivity contribution in [2.75, 3.05) is 0 Å². The highest BCUT2D eigenvalue weighted by atomic mass is 79.9. The molecule has 0 N–H and O–H groups in total. The molecule has 0 unspecified atom stereocenters. The van der Waals surface area contributed by atoms with E-state index in [1.54, 1.807) is 0 Å². The van der Waals surface area contributed by atoms with E-state index in [-0.39, 0.29) is 10.2 Å². The van der Waals surface area contributed by atoms with Crippen molar-refractivity contribution >= 4 is 22.2 Å². The van der Waals surface area contributed by atoms with Crippen LogP contribution in [0.2, 0.25) is 0 Å². The molecule has 0 aromatic rings. The van der Waals surface area contributed by atoms with Crippen molar-refractivity contribution in [3.63, 3.8) is 0 Å². The second kappa shape index (κ2) is 2.78. The Hall–Kier alpha value is -0.620. The van der Waals surface area contributed by atoms with Crippen LogP contribution in [0.3, 0.4) is 0 Å². The molecule has 1 aliphatic rings. The van der Waals surface area contributed by atoms with E-state index in [4.69, 9.17) is 5.26 Å². The van der Waals surface area contributed by atoms with Crippen LogP contribution in [-0.2, 0) is 4.79 Å². The molecule has 2 nitrogen and oxygen atoms in total. The minimum Gasteiger partial charge on any atom is -0.302 e. The van der Waals surface area contributed by atoms with Crippen molar-refractivity contribution < 1.29 is 4.79 Å². The van der Waals surface area contributed by atoms with Crippen molar-refractivity contribution in [2.24, 2.45) is 5.92 Å². The summed E-state index contributed by atoms with van der Waals surface area (Å²) >= 11 is 3.31. The van der Waals surface area contributed by atoms with E-state index in [0.29, 0.717) is 0 Å². The van der Waals surface area contributed by atoms with E-state index in [1.165, 1.54) is 6.08 Å². The highest BCUT2D eigenvalue weighted by Crippen LogP contribution is 2.53. The Morgan fingerprint density at radius 1 is 1.91 bits per heavy atom. The Balaban J connectivity index is 2.64. The molecule has 1 rings (SSSR count). The van der Waals surface area contributed by atoms with Crippen molar-refractivity contribution in [3.05, 3.63) is 11.6 Å². The predicted octanol–water partition coefficient (Wildman–Crippen LogP) is 1.81. The van der Waals surface area contributed by atoms with E-state index < -0.39 is 0 Å². The van der Waals surface area contributed by atoms with Crippen LogP contribution in [0.4, 0.5) is 0 Å². The zero-order valence-electron chi connectivity index (χ0n) is 6.17. The Morgan fingerprint density at radius 3 is 2.91 bits per heavy atom. The van der Waals surface area contributed by atoms with E-state index in [2.05, 4.69) is 15.9 Å². The maximum absolute atomic E-state index is 10.5. The first-order chi connectivity index (χ1) is 5.14. The lowest BCUT2D eigenvalue weighted by molar-refractivity contribution is -0.108. The SMILES string of the molecule is C/C(=C\C#N)[C@@H]1C[C@]1(Br)C=O. The summed E-state index contributed by atoms with van der Waals surface area (Å²) in [6, 6.07) is 1.95. The van der Waals surface area contributed by atoms with E-state index >= 15 is 0 Å². The fraction of sp³-hybridized carbons (Fsp3) is 0.500. The van der Waals surface area contributed by atoms with Crippen molar-refractivity contribution in [1.29, 1.82) is 5.26 Å². The smallest absolute Gasteiger partial charge is 0.137 e. The summed E-state index contributed by atoms with van der Waals surface area (Å²) in [5.41, 5.74) is 0.983. The van der Waals surface area contributed by atoms with E-state index in [0.717, 1.165) is 18.3 Å². The van der Waals surface area contributed by atoms with Gasteiger partial charge in [-0.1, -0.05) is 21.5 Å². The Morgan fingerprint density at radius 2 is 2.55 bits per heavy atom. The summed E-state index contributed by atoms with van der Waals surface area (Å²) in [5, 5.41) is 8.33. The van der Waals surface area contributed by atoms with Crippen LogP contribution < -0.4 is 0 Å². The van der Waals surface area contributed by atoms with Crippen molar-refractivity contribution in [3.8, 4) is 6.07 Å². The molecule has 0 aliphatic heterocycles. The molecule has 58 valence electrons. The van der Waals surface area contributed by atoms with Gasteiger partial charge in [0.2, 0.25) is 0 Å². The molecule has 3 heteroatoms. The van der Waals surface area contributed by atoms with Gasteiger partial charge in [0.25, 0.3) is 0 Å². The Labute approximate surface area is 74.0 Å². The standard InChI is InChI=1S/C8H8BrNO/c1-6(2-3-10)7-4-8(7,9)5-11/h2,5,7H,4H2,1H3/b6-2+/t7-,8-/m0/s1. The number of aldehydes is 1. The fourth-order valence-electron chi connectivity index (χ4n) is 1.13. The number of carbonyl (C=O) groups excluding carboxylic acids is 1. The highest BCUT2D eigenvalue weighted by molar-refractivity contribution is 9.10. The summed E-state index contributed by atoms with van der Waals surface area (Å²) < 4.78 is -0.357. The number of hydrogen-bond acceptors (Lipinski definition) is 2. The first-order valence-electron chi connectivity index (χ1n) is 3.35. The minimum absolute atomic E-state index is 0.236. The van der Waals surface area contributed by atoms with Gasteiger partial charge in [0.1, 0.15) is 6.29 Å². The summed E-state index contributed by atoms with van der Waals surface area (Å²) in [6.45, 7) is 1.88. The third-order valence-electron chi connectivity index (χ3n) is 1.97. The Bertz CT molecular complexity index is 253. The number of hydrogen-bond donors (Lipinski definition) is 0. The molecule has 1 saturated carbocycles. The number of nitriles is 1. The fourth-order valence-corrected chi connectivity index (χ4v) is 1.81. The molecule has 0 bridgehead atoms. The lowest BCUT2D eigenvalue weighted by atomic mass is 10.1. The zero-order valence-corrected chi connectivity index (χ0v) is 7.76. The van der Waals surface area contributed by atoms with Crippen LogP contribution >= 0.6 is 15.9 Å². The average Bonchev–Trinajstić information content (AvgIpc) is 2.65. The molecule has 0 saturated heterocycles. The molecule has 11 heavy (non-hydrogen) atoms. The van der Waals surface area contributed by atoms with Crippen LogP contribution in [0.1, 0.15) is 13.3 Å². The third-order valence-corrected chi connectivity index (χ3v) is 3.04. The predicted molar refractivity (Wildman–Crippen MR) is 45.2 cm³/mol. The third kappa shape index (κ3) is 1.51. The van der Waals surface area contributed by atoms with Crippen LogP contribution in [0.5, 0.6) is 0 Å². The molecule has 0 aromatic carbocycles. The van der Waals surface area contributed by atoms with E-state index in [1.807, 2.05) is 13.0 Å². The van der Waals surface area contributed by atoms with Gasteiger partial charge in [-0.05, 0) is 13.3 Å². The van der Waals surface area contributed by atoms with E-state index in [9.17, 15) is 4.79 Å². The van der Waals surface area contributed by atoms with Crippen LogP contribution in [0, 0.1) is 17.2 Å². The maximum atomic E-state index is 10.5. The molecule has 1 fully saturated rings. The summed E-state index contributed by atoms with van der Waals surface area (Å²) in [5.74, 6) is 0.236. The minimum atomic E-state index is -0.357. The zero-order chi connectivity index (χ0) is 8.48. The number of carbonyl (C=O) groups is 1. The monoisotopic (exact) mass is 213 g/mol. The van der Waals surface area contributed by atoms with Crippen LogP contribution in [-0.4, -0.2) is 10.6 Å². The second-order valence-corrected chi connectivity index (χ2v) is 4.30. The molecule has 0 amide bonds. The topological polar surface area (TPSA) is 40.9 Å². The summed E-state index contributed by atoms with van der Waals surface area (Å²) in [4.78, 5) is 10.5.